The molecule has 3 aromatic carbocycles. The van der Waals surface area contributed by atoms with Gasteiger partial charge in [-0.05, 0) is 66.4 Å². The van der Waals surface area contributed by atoms with Crippen LogP contribution < -0.4 is 9.47 Å². The van der Waals surface area contributed by atoms with Crippen LogP contribution >= 0.6 is 0 Å². The summed E-state index contributed by atoms with van der Waals surface area (Å²) < 4.78 is 11.0. The molecule has 156 valence electrons. The van der Waals surface area contributed by atoms with Crippen molar-refractivity contribution in [1.82, 2.24) is 0 Å². The maximum absolute atomic E-state index is 5.81. The molecule has 0 fully saturated rings. The van der Waals surface area contributed by atoms with E-state index >= 15 is 0 Å². The Morgan fingerprint density at radius 2 is 1.33 bits per heavy atom. The average molecular weight is 402 g/mol. The van der Waals surface area contributed by atoms with E-state index in [1.165, 1.54) is 30.4 Å². The van der Waals surface area contributed by atoms with Gasteiger partial charge in [0.05, 0.1) is 19.4 Å². The number of rotatable bonds is 10. The molecular weight excluding hydrogens is 370 g/mol. The van der Waals surface area contributed by atoms with Gasteiger partial charge in [-0.25, -0.2) is 0 Å². The van der Waals surface area contributed by atoms with Crippen molar-refractivity contribution in [3.63, 3.8) is 0 Å². The molecule has 30 heavy (non-hydrogen) atoms. The van der Waals surface area contributed by atoms with Gasteiger partial charge in [-0.3, -0.25) is 4.99 Å². The highest BCUT2D eigenvalue weighted by molar-refractivity contribution is 6.00. The Morgan fingerprint density at radius 1 is 0.733 bits per heavy atom. The van der Waals surface area contributed by atoms with Gasteiger partial charge < -0.3 is 9.47 Å². The Morgan fingerprint density at radius 3 is 1.93 bits per heavy atom. The molecule has 0 aliphatic heterocycles. The van der Waals surface area contributed by atoms with Crippen molar-refractivity contribution >= 4 is 11.4 Å². The van der Waals surface area contributed by atoms with Gasteiger partial charge in [0.25, 0.3) is 0 Å². The van der Waals surface area contributed by atoms with Gasteiger partial charge in [-0.2, -0.15) is 0 Å². The van der Waals surface area contributed by atoms with Crippen LogP contribution in [0.2, 0.25) is 0 Å². The molecule has 3 aromatic rings. The molecule has 0 spiro atoms. The third-order valence-electron chi connectivity index (χ3n) is 5.13. The first-order valence-corrected chi connectivity index (χ1v) is 10.7. The molecule has 3 heteroatoms. The van der Waals surface area contributed by atoms with E-state index in [1.54, 1.807) is 7.11 Å². The number of aliphatic imine (C=N–C) groups is 1. The Kier molecular flexibility index (Phi) is 8.08. The maximum Gasteiger partial charge on any atom is 0.119 e. The first-order chi connectivity index (χ1) is 14.7. The number of unbranched alkanes of at least 4 members (excludes halogenated alkanes) is 3. The lowest BCUT2D eigenvalue weighted by Crippen LogP contribution is -1.97. The van der Waals surface area contributed by atoms with Crippen LogP contribution in [0.15, 0.2) is 77.8 Å². The Labute approximate surface area is 180 Å². The largest absolute Gasteiger partial charge is 0.497 e. The predicted octanol–water partition coefficient (Wildman–Crippen LogP) is 7.46. The van der Waals surface area contributed by atoms with Crippen LogP contribution in [0.1, 0.15) is 45.1 Å². The van der Waals surface area contributed by atoms with Crippen molar-refractivity contribution in [3.05, 3.63) is 78.4 Å². The summed E-state index contributed by atoms with van der Waals surface area (Å²) in [7, 11) is 1.68. The van der Waals surface area contributed by atoms with Crippen molar-refractivity contribution in [2.45, 2.75) is 39.5 Å². The van der Waals surface area contributed by atoms with Crippen LogP contribution in [0, 0.1) is 0 Å². The second-order valence-electron chi connectivity index (χ2n) is 7.41. The van der Waals surface area contributed by atoms with Gasteiger partial charge in [-0.15, -0.1) is 0 Å². The smallest absolute Gasteiger partial charge is 0.119 e. The zero-order valence-corrected chi connectivity index (χ0v) is 18.2. The van der Waals surface area contributed by atoms with Gasteiger partial charge in [0.15, 0.2) is 0 Å². The summed E-state index contributed by atoms with van der Waals surface area (Å²) in [6, 6.07) is 24.6. The van der Waals surface area contributed by atoms with Gasteiger partial charge in [0.1, 0.15) is 11.5 Å². The first-order valence-electron chi connectivity index (χ1n) is 10.7. The van der Waals surface area contributed by atoms with E-state index in [4.69, 9.17) is 14.5 Å². The van der Waals surface area contributed by atoms with Crippen molar-refractivity contribution in [3.8, 4) is 22.6 Å². The molecule has 0 aliphatic rings. The number of benzene rings is 3. The van der Waals surface area contributed by atoms with E-state index in [-0.39, 0.29) is 0 Å². The molecule has 0 saturated carbocycles. The second-order valence-corrected chi connectivity index (χ2v) is 7.41. The summed E-state index contributed by atoms with van der Waals surface area (Å²) in [5.74, 6) is 1.78. The van der Waals surface area contributed by atoms with Gasteiger partial charge >= 0.3 is 0 Å². The molecule has 0 saturated heterocycles. The minimum atomic E-state index is 0.780. The normalized spacial score (nSPS) is 11.4. The van der Waals surface area contributed by atoms with Crippen LogP contribution in [-0.2, 0) is 0 Å². The number of ether oxygens (including phenoxy) is 2. The zero-order valence-electron chi connectivity index (χ0n) is 18.2. The van der Waals surface area contributed by atoms with E-state index in [9.17, 15) is 0 Å². The Balaban J connectivity index is 1.60. The molecule has 0 radical (unpaired) electrons. The molecule has 0 N–H and O–H groups in total. The van der Waals surface area contributed by atoms with Gasteiger partial charge in [0.2, 0.25) is 0 Å². The second kappa shape index (κ2) is 11.2. The third kappa shape index (κ3) is 6.21. The summed E-state index contributed by atoms with van der Waals surface area (Å²) in [5, 5.41) is 0. The number of hydrogen-bond donors (Lipinski definition) is 0. The summed E-state index contributed by atoms with van der Waals surface area (Å²) in [5.41, 5.74) is 5.38. The van der Waals surface area contributed by atoms with E-state index in [2.05, 4.69) is 43.3 Å². The highest BCUT2D eigenvalue weighted by atomic mass is 16.5. The minimum Gasteiger partial charge on any atom is -0.497 e. The standard InChI is InChI=1S/C27H31NO2/c1-4-5-6-7-20-30-27-18-14-25(15-19-27)28-21(2)22-8-10-23(11-9-22)24-12-16-26(29-3)17-13-24/h8-19H,4-7,20H2,1-3H3. The first kappa shape index (κ1) is 21.6. The monoisotopic (exact) mass is 401 g/mol. The molecule has 0 heterocycles. The Hall–Kier alpha value is -3.07. The lowest BCUT2D eigenvalue weighted by Gasteiger charge is -2.07. The average Bonchev–Trinajstić information content (AvgIpc) is 2.80. The fourth-order valence-corrected chi connectivity index (χ4v) is 3.28. The van der Waals surface area contributed by atoms with E-state index in [0.717, 1.165) is 41.5 Å². The third-order valence-corrected chi connectivity index (χ3v) is 5.13. The fraction of sp³-hybridized carbons (Fsp3) is 0.296. The summed E-state index contributed by atoms with van der Waals surface area (Å²) in [6.07, 6.45) is 4.86. The summed E-state index contributed by atoms with van der Waals surface area (Å²) in [6.45, 7) is 5.04. The maximum atomic E-state index is 5.81. The predicted molar refractivity (Wildman–Crippen MR) is 126 cm³/mol. The van der Waals surface area contributed by atoms with Gasteiger partial charge in [0, 0.05) is 5.71 Å². The lowest BCUT2D eigenvalue weighted by atomic mass is 10.0. The molecule has 0 bridgehead atoms. The highest BCUT2D eigenvalue weighted by Crippen LogP contribution is 2.24. The van der Waals surface area contributed by atoms with E-state index < -0.39 is 0 Å². The summed E-state index contributed by atoms with van der Waals surface area (Å²) >= 11 is 0. The van der Waals surface area contributed by atoms with Gasteiger partial charge in [-0.1, -0.05) is 62.6 Å². The minimum absolute atomic E-state index is 0.780. The van der Waals surface area contributed by atoms with Crippen LogP contribution in [0.3, 0.4) is 0 Å². The SMILES string of the molecule is CCCCCCOc1ccc(N=C(C)c2ccc(-c3ccc(OC)cc3)cc2)cc1. The van der Waals surface area contributed by atoms with Crippen molar-refractivity contribution < 1.29 is 9.47 Å². The number of hydrogen-bond acceptors (Lipinski definition) is 3. The topological polar surface area (TPSA) is 30.8 Å². The van der Waals surface area contributed by atoms with Crippen molar-refractivity contribution in [1.29, 1.82) is 0 Å². The fourth-order valence-electron chi connectivity index (χ4n) is 3.28. The number of methoxy groups -OCH3 is 1. The van der Waals surface area contributed by atoms with Crippen LogP contribution in [0.25, 0.3) is 11.1 Å². The van der Waals surface area contributed by atoms with Crippen LogP contribution in [0.5, 0.6) is 11.5 Å². The lowest BCUT2D eigenvalue weighted by molar-refractivity contribution is 0.305. The van der Waals surface area contributed by atoms with E-state index in [1.807, 2.05) is 43.3 Å². The molecule has 0 amide bonds. The van der Waals surface area contributed by atoms with Crippen LogP contribution in [-0.4, -0.2) is 19.4 Å². The van der Waals surface area contributed by atoms with E-state index in [0.29, 0.717) is 0 Å². The summed E-state index contributed by atoms with van der Waals surface area (Å²) in [4.78, 5) is 4.76. The van der Waals surface area contributed by atoms with Crippen molar-refractivity contribution in [2.75, 3.05) is 13.7 Å². The molecule has 0 aliphatic carbocycles. The molecular formula is C27H31NO2. The molecule has 3 nitrogen and oxygen atoms in total. The number of nitrogens with zero attached hydrogens (tertiary/aromatic N) is 1. The van der Waals surface area contributed by atoms with Crippen LogP contribution in [0.4, 0.5) is 5.69 Å². The zero-order chi connectivity index (χ0) is 21.2. The molecule has 0 atom stereocenters. The Bertz CT molecular complexity index is 926. The molecule has 3 rings (SSSR count). The molecule has 0 unspecified atom stereocenters. The quantitative estimate of drug-likeness (QED) is 0.261. The highest BCUT2D eigenvalue weighted by Gasteiger charge is 2.02. The van der Waals surface area contributed by atoms with Crippen molar-refractivity contribution in [2.24, 2.45) is 4.99 Å². The molecule has 0 aromatic heterocycles.